The Hall–Kier alpha value is -2.27. The van der Waals surface area contributed by atoms with E-state index in [2.05, 4.69) is 21.4 Å². The molecule has 19 heavy (non-hydrogen) atoms. The average molecular weight is 254 g/mol. The third kappa shape index (κ3) is 2.46. The summed E-state index contributed by atoms with van der Waals surface area (Å²) in [6.07, 6.45) is 2.96. The summed E-state index contributed by atoms with van der Waals surface area (Å²) >= 11 is 0. The van der Waals surface area contributed by atoms with Crippen LogP contribution in [0.15, 0.2) is 42.7 Å². The third-order valence-electron chi connectivity index (χ3n) is 3.00. The molecule has 1 unspecified atom stereocenters. The molecule has 0 fully saturated rings. The van der Waals surface area contributed by atoms with E-state index in [1.807, 2.05) is 24.3 Å². The number of fused-ring (bicyclic) bond motifs is 1. The first-order valence-corrected chi connectivity index (χ1v) is 6.14. The molecule has 1 atom stereocenters. The van der Waals surface area contributed by atoms with Crippen molar-refractivity contribution in [3.63, 3.8) is 0 Å². The van der Waals surface area contributed by atoms with Gasteiger partial charge >= 0.3 is 0 Å². The first kappa shape index (κ1) is 11.8. The van der Waals surface area contributed by atoms with Crippen molar-refractivity contribution in [1.29, 1.82) is 0 Å². The highest BCUT2D eigenvalue weighted by Crippen LogP contribution is 2.14. The normalized spacial score (nSPS) is 12.7. The maximum Gasteiger partial charge on any atom is 0.111 e. The van der Waals surface area contributed by atoms with E-state index in [0.717, 1.165) is 16.5 Å². The van der Waals surface area contributed by atoms with Crippen LogP contribution in [-0.4, -0.2) is 25.1 Å². The van der Waals surface area contributed by atoms with Crippen LogP contribution in [-0.2, 0) is 6.54 Å². The molecule has 0 saturated carbocycles. The van der Waals surface area contributed by atoms with Gasteiger partial charge in [-0.25, -0.2) is 4.68 Å². The van der Waals surface area contributed by atoms with E-state index in [-0.39, 0.29) is 0 Å². The van der Waals surface area contributed by atoms with Gasteiger partial charge in [0.2, 0.25) is 0 Å². The van der Waals surface area contributed by atoms with Crippen LogP contribution in [0.2, 0.25) is 0 Å². The Morgan fingerprint density at radius 2 is 2.21 bits per heavy atom. The van der Waals surface area contributed by atoms with Crippen LogP contribution in [0.25, 0.3) is 10.9 Å². The summed E-state index contributed by atoms with van der Waals surface area (Å²) in [5.74, 6) is 0. The molecule has 5 heteroatoms. The van der Waals surface area contributed by atoms with Crippen LogP contribution in [0.4, 0.5) is 0 Å². The standard InChI is InChI=1S/C14H14N4O/c1-10(19)14-9-18(17-16-14)8-11-4-5-13-12(7-11)3-2-6-15-13/h2-7,9-10,19H,8H2,1H3. The minimum atomic E-state index is -0.588. The summed E-state index contributed by atoms with van der Waals surface area (Å²) in [4.78, 5) is 4.29. The fourth-order valence-corrected chi connectivity index (χ4v) is 1.99. The lowest BCUT2D eigenvalue weighted by molar-refractivity contribution is 0.194. The Balaban J connectivity index is 1.87. The van der Waals surface area contributed by atoms with E-state index in [1.165, 1.54) is 0 Å². The summed E-state index contributed by atoms with van der Waals surface area (Å²) in [5.41, 5.74) is 2.69. The molecule has 3 aromatic rings. The zero-order chi connectivity index (χ0) is 13.2. The molecule has 0 aliphatic heterocycles. The Bertz CT molecular complexity index is 705. The number of hydrogen-bond acceptors (Lipinski definition) is 4. The average Bonchev–Trinajstić information content (AvgIpc) is 2.87. The molecule has 0 amide bonds. The van der Waals surface area contributed by atoms with Crippen molar-refractivity contribution < 1.29 is 5.11 Å². The summed E-state index contributed by atoms with van der Waals surface area (Å²) in [5, 5.41) is 18.5. The first-order chi connectivity index (χ1) is 9.22. The van der Waals surface area contributed by atoms with Crippen molar-refractivity contribution in [1.82, 2.24) is 20.0 Å². The van der Waals surface area contributed by atoms with Gasteiger partial charge in [0, 0.05) is 11.6 Å². The van der Waals surface area contributed by atoms with Crippen molar-refractivity contribution in [3.05, 3.63) is 54.0 Å². The number of aliphatic hydroxyl groups is 1. The predicted octanol–water partition coefficient (Wildman–Crippen LogP) is 1.93. The van der Waals surface area contributed by atoms with Gasteiger partial charge in [-0.3, -0.25) is 4.98 Å². The molecule has 1 N–H and O–H groups in total. The highest BCUT2D eigenvalue weighted by atomic mass is 16.3. The second-order valence-corrected chi connectivity index (χ2v) is 4.55. The van der Waals surface area contributed by atoms with E-state index >= 15 is 0 Å². The monoisotopic (exact) mass is 254 g/mol. The Labute approximate surface area is 110 Å². The van der Waals surface area contributed by atoms with Gasteiger partial charge in [-0.1, -0.05) is 17.3 Å². The van der Waals surface area contributed by atoms with E-state index in [4.69, 9.17) is 0 Å². The number of pyridine rings is 1. The van der Waals surface area contributed by atoms with Crippen LogP contribution in [0.5, 0.6) is 0 Å². The number of hydrogen-bond donors (Lipinski definition) is 1. The van der Waals surface area contributed by atoms with E-state index in [0.29, 0.717) is 12.2 Å². The first-order valence-electron chi connectivity index (χ1n) is 6.14. The van der Waals surface area contributed by atoms with Gasteiger partial charge in [-0.2, -0.15) is 0 Å². The van der Waals surface area contributed by atoms with Crippen LogP contribution in [0, 0.1) is 0 Å². The minimum absolute atomic E-state index is 0.586. The third-order valence-corrected chi connectivity index (χ3v) is 3.00. The molecule has 0 radical (unpaired) electrons. The molecule has 0 saturated heterocycles. The number of rotatable bonds is 3. The van der Waals surface area contributed by atoms with Crippen molar-refractivity contribution >= 4 is 10.9 Å². The van der Waals surface area contributed by atoms with Crippen molar-refractivity contribution in [3.8, 4) is 0 Å². The second kappa shape index (κ2) is 4.78. The molecule has 96 valence electrons. The lowest BCUT2D eigenvalue weighted by Crippen LogP contribution is -2.00. The largest absolute Gasteiger partial charge is 0.387 e. The van der Waals surface area contributed by atoms with Gasteiger partial charge in [0.1, 0.15) is 5.69 Å². The van der Waals surface area contributed by atoms with Crippen molar-refractivity contribution in [2.24, 2.45) is 0 Å². The minimum Gasteiger partial charge on any atom is -0.387 e. The quantitative estimate of drug-likeness (QED) is 0.775. The number of benzene rings is 1. The van der Waals surface area contributed by atoms with Crippen LogP contribution < -0.4 is 0 Å². The highest BCUT2D eigenvalue weighted by molar-refractivity contribution is 5.78. The number of nitrogens with zero attached hydrogens (tertiary/aromatic N) is 4. The Kier molecular flexibility index (Phi) is 2.97. The van der Waals surface area contributed by atoms with E-state index < -0.39 is 6.10 Å². The predicted molar refractivity (Wildman–Crippen MR) is 71.5 cm³/mol. The molecule has 2 heterocycles. The zero-order valence-electron chi connectivity index (χ0n) is 10.6. The number of aromatic nitrogens is 4. The van der Waals surface area contributed by atoms with Gasteiger partial charge in [-0.05, 0) is 30.7 Å². The molecule has 5 nitrogen and oxygen atoms in total. The molecule has 2 aromatic heterocycles. The van der Waals surface area contributed by atoms with Crippen LogP contribution in [0.3, 0.4) is 0 Å². The molecule has 0 bridgehead atoms. The van der Waals surface area contributed by atoms with E-state index in [1.54, 1.807) is 24.0 Å². The SMILES string of the molecule is CC(O)c1cn(Cc2ccc3ncccc3c2)nn1. The summed E-state index contributed by atoms with van der Waals surface area (Å²) in [6, 6.07) is 10.1. The van der Waals surface area contributed by atoms with Crippen LogP contribution in [0.1, 0.15) is 24.3 Å². The molecule has 1 aromatic carbocycles. The molecular weight excluding hydrogens is 240 g/mol. The van der Waals surface area contributed by atoms with Gasteiger partial charge in [0.05, 0.1) is 24.4 Å². The highest BCUT2D eigenvalue weighted by Gasteiger charge is 2.06. The fourth-order valence-electron chi connectivity index (χ4n) is 1.99. The lowest BCUT2D eigenvalue weighted by Gasteiger charge is -2.03. The summed E-state index contributed by atoms with van der Waals surface area (Å²) in [6.45, 7) is 2.31. The smallest absolute Gasteiger partial charge is 0.111 e. The summed E-state index contributed by atoms with van der Waals surface area (Å²) < 4.78 is 1.72. The maximum absolute atomic E-state index is 9.42. The van der Waals surface area contributed by atoms with Gasteiger partial charge < -0.3 is 5.11 Å². The molecule has 0 aliphatic carbocycles. The van der Waals surface area contributed by atoms with E-state index in [9.17, 15) is 5.11 Å². The Morgan fingerprint density at radius 1 is 1.32 bits per heavy atom. The molecule has 3 rings (SSSR count). The van der Waals surface area contributed by atoms with Crippen molar-refractivity contribution in [2.45, 2.75) is 19.6 Å². The molecule has 0 spiro atoms. The van der Waals surface area contributed by atoms with Gasteiger partial charge in [0.15, 0.2) is 0 Å². The second-order valence-electron chi connectivity index (χ2n) is 4.55. The Morgan fingerprint density at radius 3 is 3.00 bits per heavy atom. The van der Waals surface area contributed by atoms with Crippen LogP contribution >= 0.6 is 0 Å². The lowest BCUT2D eigenvalue weighted by atomic mass is 10.1. The summed E-state index contributed by atoms with van der Waals surface area (Å²) in [7, 11) is 0. The fraction of sp³-hybridized carbons (Fsp3) is 0.214. The van der Waals surface area contributed by atoms with Gasteiger partial charge in [-0.15, -0.1) is 5.10 Å². The number of aliphatic hydroxyl groups excluding tert-OH is 1. The van der Waals surface area contributed by atoms with Gasteiger partial charge in [0.25, 0.3) is 0 Å². The maximum atomic E-state index is 9.42. The molecule has 0 aliphatic rings. The molecular formula is C14H14N4O. The zero-order valence-corrected chi connectivity index (χ0v) is 10.6. The topological polar surface area (TPSA) is 63.8 Å². The van der Waals surface area contributed by atoms with Crippen molar-refractivity contribution in [2.75, 3.05) is 0 Å².